The molecular formula is C20H15NaO10S2. The Hall–Kier alpha value is -2.32. The minimum atomic E-state index is -5.30. The van der Waals surface area contributed by atoms with Gasteiger partial charge in [0.25, 0.3) is 0 Å². The van der Waals surface area contributed by atoms with E-state index in [0.717, 1.165) is 17.0 Å². The summed E-state index contributed by atoms with van der Waals surface area (Å²) >= 11 is 0.619. The van der Waals surface area contributed by atoms with Gasteiger partial charge in [0.05, 0.1) is 0 Å². The van der Waals surface area contributed by atoms with Crippen LogP contribution in [0.4, 0.5) is 0 Å². The fourth-order valence-corrected chi connectivity index (χ4v) is 5.60. The molecule has 0 radical (unpaired) electrons. The number of esters is 2. The van der Waals surface area contributed by atoms with Crippen molar-refractivity contribution < 1.29 is 45.0 Å². The molecule has 13 heteroatoms. The molecule has 0 fully saturated rings. The second-order valence-corrected chi connectivity index (χ2v) is 10.9. The normalized spacial score (nSPS) is 11.9. The van der Waals surface area contributed by atoms with Crippen LogP contribution in [-0.2, 0) is 29.7 Å². The molecule has 33 heavy (non-hydrogen) atoms. The molecule has 3 aromatic carbocycles. The summed E-state index contributed by atoms with van der Waals surface area (Å²) < 4.78 is 79.3. The van der Waals surface area contributed by atoms with Crippen LogP contribution in [0, 0.1) is 0 Å². The van der Waals surface area contributed by atoms with Gasteiger partial charge in [-0.15, -0.1) is 0 Å². The first-order valence-corrected chi connectivity index (χ1v) is 13.0. The number of rotatable bonds is 5. The first-order chi connectivity index (χ1) is 15.3. The van der Waals surface area contributed by atoms with Crippen LogP contribution in [0.15, 0.2) is 52.3 Å². The molecule has 0 aliphatic carbocycles. The molecule has 10 nitrogen and oxygen atoms in total. The second-order valence-electron chi connectivity index (χ2n) is 6.96. The molecule has 3 rings (SSSR count). The average Bonchev–Trinajstić information content (AvgIpc) is 2.74. The molecule has 0 saturated carbocycles. The zero-order valence-corrected chi connectivity index (χ0v) is 21.2. The van der Waals surface area contributed by atoms with Crippen LogP contribution < -0.4 is 2.81 Å². The molecule has 168 valence electrons. The molecule has 0 atom stereocenters. The Bertz CT molecular complexity index is 1530. The van der Waals surface area contributed by atoms with Crippen molar-refractivity contribution in [2.75, 3.05) is 14.2 Å². The molecule has 2 N–H and O–H groups in total. The van der Waals surface area contributed by atoms with Crippen molar-refractivity contribution in [3.05, 3.63) is 53.6 Å². The summed E-state index contributed by atoms with van der Waals surface area (Å²) in [5, 5.41) is 1.06. The van der Waals surface area contributed by atoms with Crippen LogP contribution in [0.3, 0.4) is 0 Å². The molecule has 0 aliphatic rings. The number of carbonyl (C=O) groups excluding carboxylic acids is 2. The monoisotopic (exact) mass is 502 g/mol. The van der Waals surface area contributed by atoms with Gasteiger partial charge in [-0.3, -0.25) is 0 Å². The van der Waals surface area contributed by atoms with Crippen molar-refractivity contribution in [2.24, 2.45) is 0 Å². The Kier molecular flexibility index (Phi) is 7.01. The molecule has 3 aromatic rings. The molecule has 0 bridgehead atoms. The zero-order valence-electron chi connectivity index (χ0n) is 17.5. The molecule has 0 spiro atoms. The number of carbonyl (C=O) groups is 2. The fourth-order valence-electron chi connectivity index (χ4n) is 3.54. The first kappa shape index (κ1) is 25.3. The van der Waals surface area contributed by atoms with Gasteiger partial charge in [0.2, 0.25) is 0 Å². The molecule has 0 saturated heterocycles. The van der Waals surface area contributed by atoms with Gasteiger partial charge in [-0.25, -0.2) is 0 Å². The van der Waals surface area contributed by atoms with Crippen molar-refractivity contribution in [3.63, 3.8) is 0 Å². The number of hydrogen-bond donors (Lipinski definition) is 2. The summed E-state index contributed by atoms with van der Waals surface area (Å²) in [6, 6.07) is 10.5. The summed E-state index contributed by atoms with van der Waals surface area (Å²) in [5.74, 6) is -2.74. The molecule has 0 amide bonds. The molecule has 0 aromatic heterocycles. The van der Waals surface area contributed by atoms with Crippen LogP contribution >= 0.6 is 0 Å². The van der Waals surface area contributed by atoms with Gasteiger partial charge in [0.15, 0.2) is 0 Å². The summed E-state index contributed by atoms with van der Waals surface area (Å²) in [7, 11) is -8.65. The van der Waals surface area contributed by atoms with Gasteiger partial charge in [0.1, 0.15) is 0 Å². The Morgan fingerprint density at radius 1 is 0.879 bits per heavy atom. The van der Waals surface area contributed by atoms with E-state index in [-0.39, 0.29) is 5.56 Å². The average molecular weight is 502 g/mol. The zero-order chi connectivity index (χ0) is 24.7. The first-order valence-electron chi connectivity index (χ1n) is 9.13. The van der Waals surface area contributed by atoms with E-state index in [4.69, 9.17) is 0 Å². The predicted octanol–water partition coefficient (Wildman–Crippen LogP) is 1.37. The van der Waals surface area contributed by atoms with Crippen LogP contribution in [0.5, 0.6) is 0 Å². The fraction of sp³-hybridized carbons (Fsp3) is 0.100. The quantitative estimate of drug-likeness (QED) is 0.296. The third-order valence-electron chi connectivity index (χ3n) is 4.88. The Morgan fingerprint density at radius 2 is 1.52 bits per heavy atom. The van der Waals surface area contributed by atoms with E-state index < -0.39 is 58.7 Å². The van der Waals surface area contributed by atoms with Gasteiger partial charge in [0, 0.05) is 0 Å². The molecule has 0 aliphatic heterocycles. The summed E-state index contributed by atoms with van der Waals surface area (Å²) in [5.41, 5.74) is -2.41. The van der Waals surface area contributed by atoms with Crippen molar-refractivity contribution in [1.82, 2.24) is 0 Å². The predicted molar refractivity (Wildman–Crippen MR) is 117 cm³/mol. The number of benzene rings is 3. The number of methoxy groups -OCH3 is 2. The third-order valence-corrected chi connectivity index (χ3v) is 7.32. The van der Waals surface area contributed by atoms with E-state index >= 15 is 0 Å². The van der Waals surface area contributed by atoms with Crippen molar-refractivity contribution >= 4 is 73.7 Å². The van der Waals surface area contributed by atoms with Gasteiger partial charge in [-0.1, -0.05) is 0 Å². The van der Waals surface area contributed by atoms with E-state index in [9.17, 15) is 35.5 Å². The van der Waals surface area contributed by atoms with E-state index in [1.165, 1.54) is 12.1 Å². The Labute approximate surface area is 206 Å². The SMILES string of the molecule is COC(=O)c1cc(S(=O)(=O)O)c(-c2cccc3cc[c]([Na])cc23)c(C(=O)OC)c1S(=O)(=O)O. The second kappa shape index (κ2) is 9.14. The minimum absolute atomic E-state index is 0.0551. The third kappa shape index (κ3) is 4.82. The van der Waals surface area contributed by atoms with E-state index in [1.807, 2.05) is 6.07 Å². The van der Waals surface area contributed by atoms with Crippen molar-refractivity contribution in [3.8, 4) is 11.1 Å². The van der Waals surface area contributed by atoms with Gasteiger partial charge in [-0.2, -0.15) is 0 Å². The van der Waals surface area contributed by atoms with Gasteiger partial charge < -0.3 is 0 Å². The van der Waals surface area contributed by atoms with Gasteiger partial charge in [-0.05, 0) is 0 Å². The summed E-state index contributed by atoms with van der Waals surface area (Å²) in [6.45, 7) is 0. The van der Waals surface area contributed by atoms with Crippen LogP contribution in [-0.4, -0.2) is 80.0 Å². The Morgan fingerprint density at radius 3 is 2.06 bits per heavy atom. The summed E-state index contributed by atoms with van der Waals surface area (Å²) in [6.07, 6.45) is 0. The maximum atomic E-state index is 12.8. The van der Waals surface area contributed by atoms with E-state index in [1.54, 1.807) is 18.2 Å². The van der Waals surface area contributed by atoms with E-state index in [2.05, 4.69) is 9.47 Å². The van der Waals surface area contributed by atoms with E-state index in [0.29, 0.717) is 44.8 Å². The van der Waals surface area contributed by atoms with Gasteiger partial charge >= 0.3 is 207 Å². The van der Waals surface area contributed by atoms with Crippen molar-refractivity contribution in [2.45, 2.75) is 9.79 Å². The molecule has 0 heterocycles. The van der Waals surface area contributed by atoms with Crippen LogP contribution in [0.1, 0.15) is 20.7 Å². The topological polar surface area (TPSA) is 161 Å². The Balaban J connectivity index is 2.74. The maximum absolute atomic E-state index is 12.8. The standard InChI is InChI=1S/C20H15O10S2.Na/c1-29-19(21)14-10-15(31(23,24)25)16(17(20(22)30-2)18(14)32(26,27)28)13-9-5-7-11-6-3-4-8-12(11)13;/h3,5-10H,1-2H3,(H,23,24,25)(H,26,27,28);. The van der Waals surface area contributed by atoms with Crippen LogP contribution in [0.2, 0.25) is 0 Å². The number of fused-ring (bicyclic) bond motifs is 1. The number of hydrogen-bond acceptors (Lipinski definition) is 8. The number of ether oxygens (including phenoxy) is 2. The summed E-state index contributed by atoms with van der Waals surface area (Å²) in [4.78, 5) is 23.0. The molecular weight excluding hydrogens is 487 g/mol. The molecule has 0 unspecified atom stereocenters. The van der Waals surface area contributed by atoms with Crippen molar-refractivity contribution in [1.29, 1.82) is 0 Å². The van der Waals surface area contributed by atoms with Crippen LogP contribution in [0.25, 0.3) is 21.9 Å².